The van der Waals surface area contributed by atoms with Crippen molar-refractivity contribution in [1.29, 1.82) is 0 Å². The van der Waals surface area contributed by atoms with Crippen LogP contribution < -0.4 is 5.32 Å². The lowest BCUT2D eigenvalue weighted by molar-refractivity contribution is 0.0601. The van der Waals surface area contributed by atoms with E-state index in [0.717, 1.165) is 17.1 Å². The van der Waals surface area contributed by atoms with E-state index < -0.39 is 11.9 Å². The van der Waals surface area contributed by atoms with Crippen LogP contribution in [-0.2, 0) is 4.74 Å². The first-order valence-corrected chi connectivity index (χ1v) is 11.2. The number of nitrogens with zero attached hydrogens (tertiary/aromatic N) is 2. The SMILES string of the molecule is COC(=O)c1c(NC(=O)c2cc(-c3ccc(C)o3)nc3ccccc23)sc(C(=O)N(C)C)c1C. The van der Waals surface area contributed by atoms with Crippen molar-refractivity contribution in [2.24, 2.45) is 0 Å². The van der Waals surface area contributed by atoms with Gasteiger partial charge in [0.2, 0.25) is 0 Å². The van der Waals surface area contributed by atoms with Gasteiger partial charge in [0, 0.05) is 19.5 Å². The van der Waals surface area contributed by atoms with Crippen molar-refractivity contribution in [3.8, 4) is 11.5 Å². The van der Waals surface area contributed by atoms with Gasteiger partial charge in [0.25, 0.3) is 11.8 Å². The number of benzene rings is 1. The zero-order chi connectivity index (χ0) is 24.6. The number of rotatable bonds is 5. The van der Waals surface area contributed by atoms with Gasteiger partial charge in [-0.1, -0.05) is 18.2 Å². The maximum Gasteiger partial charge on any atom is 0.341 e. The van der Waals surface area contributed by atoms with E-state index in [1.54, 1.807) is 39.2 Å². The average Bonchev–Trinajstić information content (AvgIpc) is 3.40. The second-order valence-electron chi connectivity index (χ2n) is 7.89. The number of methoxy groups -OCH3 is 1. The molecule has 0 saturated heterocycles. The van der Waals surface area contributed by atoms with Gasteiger partial charge in [0.05, 0.1) is 28.6 Å². The molecule has 3 heterocycles. The summed E-state index contributed by atoms with van der Waals surface area (Å²) in [7, 11) is 4.50. The van der Waals surface area contributed by atoms with Crippen LogP contribution in [0.3, 0.4) is 0 Å². The summed E-state index contributed by atoms with van der Waals surface area (Å²) in [6.07, 6.45) is 0. The number of nitrogens with one attached hydrogen (secondary N) is 1. The lowest BCUT2D eigenvalue weighted by atomic mass is 10.1. The van der Waals surface area contributed by atoms with Crippen molar-refractivity contribution in [1.82, 2.24) is 9.88 Å². The van der Waals surface area contributed by atoms with Crippen molar-refractivity contribution in [3.63, 3.8) is 0 Å². The summed E-state index contributed by atoms with van der Waals surface area (Å²) in [5.74, 6) is -0.0752. The van der Waals surface area contributed by atoms with E-state index in [4.69, 9.17) is 9.15 Å². The molecule has 4 aromatic rings. The van der Waals surface area contributed by atoms with Crippen LogP contribution >= 0.6 is 11.3 Å². The highest BCUT2D eigenvalue weighted by molar-refractivity contribution is 7.18. The number of thiophene rings is 1. The van der Waals surface area contributed by atoms with E-state index in [-0.39, 0.29) is 16.5 Å². The minimum Gasteiger partial charge on any atom is -0.465 e. The third-order valence-electron chi connectivity index (χ3n) is 5.32. The number of para-hydroxylation sites is 1. The molecule has 1 aromatic carbocycles. The molecule has 0 spiro atoms. The number of amides is 2. The predicted molar refractivity (Wildman–Crippen MR) is 131 cm³/mol. The van der Waals surface area contributed by atoms with Crippen LogP contribution in [0.4, 0.5) is 5.00 Å². The number of anilines is 1. The van der Waals surface area contributed by atoms with E-state index >= 15 is 0 Å². The number of carbonyl (C=O) groups is 3. The lowest BCUT2D eigenvalue weighted by Gasteiger charge is -2.10. The van der Waals surface area contributed by atoms with E-state index in [1.165, 1.54) is 12.0 Å². The Kier molecular flexibility index (Phi) is 6.21. The summed E-state index contributed by atoms with van der Waals surface area (Å²) in [6, 6.07) is 12.5. The first-order chi connectivity index (χ1) is 16.2. The van der Waals surface area contributed by atoms with Gasteiger partial charge in [-0.25, -0.2) is 9.78 Å². The van der Waals surface area contributed by atoms with Crippen LogP contribution in [0.1, 0.15) is 41.7 Å². The third kappa shape index (κ3) is 4.17. The lowest BCUT2D eigenvalue weighted by Crippen LogP contribution is -2.21. The topological polar surface area (TPSA) is 102 Å². The van der Waals surface area contributed by atoms with Gasteiger partial charge in [-0.15, -0.1) is 11.3 Å². The van der Waals surface area contributed by atoms with Crippen molar-refractivity contribution in [3.05, 3.63) is 69.8 Å². The highest BCUT2D eigenvalue weighted by Crippen LogP contribution is 2.35. The summed E-state index contributed by atoms with van der Waals surface area (Å²) in [4.78, 5) is 45.0. The number of fused-ring (bicyclic) bond motifs is 1. The minimum atomic E-state index is -0.631. The van der Waals surface area contributed by atoms with Gasteiger partial charge in [-0.05, 0) is 43.7 Å². The quantitative estimate of drug-likeness (QED) is 0.410. The molecule has 0 aliphatic carbocycles. The van der Waals surface area contributed by atoms with Gasteiger partial charge < -0.3 is 19.4 Å². The van der Waals surface area contributed by atoms with E-state index in [2.05, 4.69) is 10.3 Å². The summed E-state index contributed by atoms with van der Waals surface area (Å²) < 4.78 is 10.6. The molecular weight excluding hydrogens is 454 g/mol. The number of aromatic nitrogens is 1. The highest BCUT2D eigenvalue weighted by atomic mass is 32.1. The predicted octanol–water partition coefficient (Wildman–Crippen LogP) is 4.91. The Morgan fingerprint density at radius 1 is 1.09 bits per heavy atom. The number of furan rings is 1. The average molecular weight is 478 g/mol. The molecule has 0 fully saturated rings. The Morgan fingerprint density at radius 3 is 2.47 bits per heavy atom. The first kappa shape index (κ1) is 23.2. The first-order valence-electron chi connectivity index (χ1n) is 10.4. The number of carbonyl (C=O) groups excluding carboxylic acids is 3. The summed E-state index contributed by atoms with van der Waals surface area (Å²) >= 11 is 1.04. The number of ether oxygens (including phenoxy) is 1. The van der Waals surface area contributed by atoms with Gasteiger partial charge in [-0.2, -0.15) is 0 Å². The van der Waals surface area contributed by atoms with Crippen molar-refractivity contribution in [2.75, 3.05) is 26.5 Å². The molecule has 1 N–H and O–H groups in total. The van der Waals surface area contributed by atoms with Crippen LogP contribution in [0.5, 0.6) is 0 Å². The Morgan fingerprint density at radius 2 is 1.82 bits per heavy atom. The number of hydrogen-bond acceptors (Lipinski definition) is 7. The standard InChI is InChI=1S/C25H23N3O5S/c1-13-10-11-19(33-13)18-12-16(15-8-6-7-9-17(15)26-18)22(29)27-23-20(25(31)32-5)14(2)21(34-23)24(30)28(3)4/h6-12H,1-5H3,(H,27,29). The number of esters is 1. The molecule has 2 amide bonds. The molecule has 0 atom stereocenters. The molecule has 34 heavy (non-hydrogen) atoms. The Hall–Kier alpha value is -3.98. The molecule has 8 nitrogen and oxygen atoms in total. The molecule has 0 saturated carbocycles. The number of pyridine rings is 1. The van der Waals surface area contributed by atoms with E-state index in [1.807, 2.05) is 31.2 Å². The molecular formula is C25H23N3O5S. The molecule has 0 aliphatic heterocycles. The van der Waals surface area contributed by atoms with Gasteiger partial charge in [0.1, 0.15) is 16.5 Å². The monoisotopic (exact) mass is 477 g/mol. The van der Waals surface area contributed by atoms with Crippen LogP contribution in [-0.4, -0.2) is 48.9 Å². The van der Waals surface area contributed by atoms with Crippen molar-refractivity contribution < 1.29 is 23.5 Å². The van der Waals surface area contributed by atoms with Crippen LogP contribution in [0, 0.1) is 13.8 Å². The zero-order valence-corrected chi connectivity index (χ0v) is 20.2. The van der Waals surface area contributed by atoms with Crippen LogP contribution in [0.15, 0.2) is 46.9 Å². The maximum absolute atomic E-state index is 13.5. The fraction of sp³-hybridized carbons (Fsp3) is 0.200. The molecule has 3 aromatic heterocycles. The molecule has 0 radical (unpaired) electrons. The summed E-state index contributed by atoms with van der Waals surface area (Å²) in [5, 5.41) is 3.71. The molecule has 0 aliphatic rings. The highest BCUT2D eigenvalue weighted by Gasteiger charge is 2.28. The third-order valence-corrected chi connectivity index (χ3v) is 6.51. The molecule has 0 bridgehead atoms. The van der Waals surface area contributed by atoms with Gasteiger partial charge in [0.15, 0.2) is 5.76 Å². The zero-order valence-electron chi connectivity index (χ0n) is 19.4. The largest absolute Gasteiger partial charge is 0.465 e. The van der Waals surface area contributed by atoms with Gasteiger partial charge >= 0.3 is 5.97 Å². The van der Waals surface area contributed by atoms with E-state index in [0.29, 0.717) is 38.4 Å². The normalized spacial score (nSPS) is 10.9. The maximum atomic E-state index is 13.5. The molecule has 4 rings (SSSR count). The number of hydrogen-bond donors (Lipinski definition) is 1. The van der Waals surface area contributed by atoms with Gasteiger partial charge in [-0.3, -0.25) is 9.59 Å². The summed E-state index contributed by atoms with van der Waals surface area (Å²) in [6.45, 7) is 3.49. The molecule has 9 heteroatoms. The van der Waals surface area contributed by atoms with Crippen molar-refractivity contribution >= 4 is 45.0 Å². The molecule has 0 unspecified atom stereocenters. The summed E-state index contributed by atoms with van der Waals surface area (Å²) in [5.41, 5.74) is 2.11. The minimum absolute atomic E-state index is 0.159. The smallest absolute Gasteiger partial charge is 0.341 e. The Balaban J connectivity index is 1.82. The fourth-order valence-electron chi connectivity index (χ4n) is 3.59. The second kappa shape index (κ2) is 9.11. The number of aryl methyl sites for hydroxylation is 1. The second-order valence-corrected chi connectivity index (χ2v) is 8.91. The fourth-order valence-corrected chi connectivity index (χ4v) is 4.80. The van der Waals surface area contributed by atoms with Crippen LogP contribution in [0.2, 0.25) is 0 Å². The van der Waals surface area contributed by atoms with E-state index in [9.17, 15) is 14.4 Å². The molecule has 174 valence electrons. The Labute approximate surface area is 200 Å². The Bertz CT molecular complexity index is 1430. The van der Waals surface area contributed by atoms with Crippen LogP contribution in [0.25, 0.3) is 22.4 Å². The van der Waals surface area contributed by atoms with Crippen molar-refractivity contribution in [2.45, 2.75) is 13.8 Å².